The fourth-order valence-corrected chi connectivity index (χ4v) is 2.27. The van der Waals surface area contributed by atoms with Crippen LogP contribution in [0.15, 0.2) is 72.8 Å². The molecule has 6 nitrogen and oxygen atoms in total. The third kappa shape index (κ3) is 13.3. The number of hydrogen-bond acceptors (Lipinski definition) is 6. The quantitative estimate of drug-likeness (QED) is 0.136. The lowest BCUT2D eigenvalue weighted by atomic mass is 10.2. The fourth-order valence-electron chi connectivity index (χ4n) is 2.27. The van der Waals surface area contributed by atoms with Crippen LogP contribution < -0.4 is 17.2 Å². The molecule has 0 radical (unpaired) electrons. The standard InChI is InChI=1S/3C7H6F3N.BH3O3/c3*8-7(9,10)5-3-1-2-4-6(5)11;2-1(3)4/h3*1-4H,11H2;2-4H. The van der Waals surface area contributed by atoms with Crippen molar-refractivity contribution in [3.63, 3.8) is 0 Å². The van der Waals surface area contributed by atoms with Crippen molar-refractivity contribution >= 4 is 24.4 Å². The van der Waals surface area contributed by atoms with E-state index >= 15 is 0 Å². The maximum Gasteiger partial charge on any atom is 0.631 e. The molecule has 0 spiro atoms. The molecule has 3 aromatic rings. The second-order valence-electron chi connectivity index (χ2n) is 6.60. The number of para-hydroxylation sites is 3. The molecule has 0 saturated heterocycles. The van der Waals surface area contributed by atoms with Gasteiger partial charge in [-0.2, -0.15) is 39.5 Å². The van der Waals surface area contributed by atoms with Crippen molar-refractivity contribution in [3.05, 3.63) is 89.5 Å². The first-order valence-corrected chi connectivity index (χ1v) is 9.57. The van der Waals surface area contributed by atoms with E-state index in [9.17, 15) is 39.5 Å². The molecule has 16 heteroatoms. The first-order valence-electron chi connectivity index (χ1n) is 9.57. The highest BCUT2D eigenvalue weighted by atomic mass is 19.4. The Labute approximate surface area is 204 Å². The average Bonchev–Trinajstić information content (AvgIpc) is 2.73. The van der Waals surface area contributed by atoms with Crippen LogP contribution in [0.4, 0.5) is 56.6 Å². The average molecular weight is 545 g/mol. The number of nitrogens with two attached hydrogens (primary N) is 3. The largest absolute Gasteiger partial charge is 0.631 e. The van der Waals surface area contributed by atoms with Gasteiger partial charge in [-0.25, -0.2) is 0 Å². The van der Waals surface area contributed by atoms with Crippen LogP contribution in [0.5, 0.6) is 0 Å². The molecular formula is C21H21BF9N3O3. The first kappa shape index (κ1) is 33.4. The van der Waals surface area contributed by atoms with Crippen LogP contribution in [0.1, 0.15) is 16.7 Å². The Bertz CT molecular complexity index is 958. The lowest BCUT2D eigenvalue weighted by Crippen LogP contribution is -2.08. The van der Waals surface area contributed by atoms with Gasteiger partial charge >= 0.3 is 25.9 Å². The molecule has 37 heavy (non-hydrogen) atoms. The van der Waals surface area contributed by atoms with E-state index in [0.29, 0.717) is 0 Å². The van der Waals surface area contributed by atoms with Gasteiger partial charge in [0.1, 0.15) is 0 Å². The van der Waals surface area contributed by atoms with Gasteiger partial charge in [-0.15, -0.1) is 0 Å². The summed E-state index contributed by atoms with van der Waals surface area (Å²) in [6.45, 7) is 0. The van der Waals surface area contributed by atoms with Gasteiger partial charge in [-0.05, 0) is 36.4 Å². The van der Waals surface area contributed by atoms with Gasteiger partial charge in [0.05, 0.1) is 16.7 Å². The van der Waals surface area contributed by atoms with E-state index in [0.717, 1.165) is 18.2 Å². The van der Waals surface area contributed by atoms with Gasteiger partial charge in [0.15, 0.2) is 0 Å². The number of halogens is 9. The van der Waals surface area contributed by atoms with Crippen molar-refractivity contribution in [1.29, 1.82) is 0 Å². The number of benzene rings is 3. The minimum atomic E-state index is -4.34. The Morgan fingerprint density at radius 3 is 0.703 bits per heavy atom. The molecule has 0 heterocycles. The second-order valence-corrected chi connectivity index (χ2v) is 6.60. The molecule has 3 aromatic carbocycles. The minimum Gasteiger partial charge on any atom is -0.402 e. The molecule has 0 unspecified atom stereocenters. The van der Waals surface area contributed by atoms with Gasteiger partial charge in [0.25, 0.3) is 0 Å². The van der Waals surface area contributed by atoms with Crippen molar-refractivity contribution in [2.75, 3.05) is 17.2 Å². The summed E-state index contributed by atoms with van der Waals surface area (Å²) in [6, 6.07) is 14.8. The highest BCUT2D eigenvalue weighted by Gasteiger charge is 2.33. The van der Waals surface area contributed by atoms with Crippen LogP contribution in [0.2, 0.25) is 0 Å². The van der Waals surface area contributed by atoms with Crippen LogP contribution in [-0.4, -0.2) is 22.4 Å². The molecule has 0 aromatic heterocycles. The van der Waals surface area contributed by atoms with Crippen LogP contribution in [0.3, 0.4) is 0 Å². The smallest absolute Gasteiger partial charge is 0.402 e. The predicted octanol–water partition coefficient (Wildman–Crippen LogP) is 4.81. The van der Waals surface area contributed by atoms with Crippen LogP contribution >= 0.6 is 0 Å². The zero-order chi connectivity index (χ0) is 29.0. The van der Waals surface area contributed by atoms with Gasteiger partial charge in [0, 0.05) is 17.1 Å². The maximum atomic E-state index is 12.0. The molecule has 204 valence electrons. The Kier molecular flexibility index (Phi) is 12.8. The van der Waals surface area contributed by atoms with E-state index in [4.69, 9.17) is 32.3 Å². The van der Waals surface area contributed by atoms with Crippen molar-refractivity contribution in [1.82, 2.24) is 0 Å². The zero-order valence-corrected chi connectivity index (χ0v) is 18.5. The van der Waals surface area contributed by atoms with Gasteiger partial charge < -0.3 is 32.3 Å². The topological polar surface area (TPSA) is 139 Å². The zero-order valence-electron chi connectivity index (χ0n) is 18.5. The van der Waals surface area contributed by atoms with E-state index in [1.54, 1.807) is 0 Å². The van der Waals surface area contributed by atoms with E-state index < -0.39 is 42.5 Å². The van der Waals surface area contributed by atoms with Crippen molar-refractivity contribution in [2.45, 2.75) is 18.5 Å². The lowest BCUT2D eigenvalue weighted by Gasteiger charge is -2.07. The number of hydrogen-bond donors (Lipinski definition) is 6. The summed E-state index contributed by atoms with van der Waals surface area (Å²) in [4.78, 5) is 0. The van der Waals surface area contributed by atoms with Crippen molar-refractivity contribution in [3.8, 4) is 0 Å². The number of nitrogen functional groups attached to an aromatic ring is 3. The fraction of sp³-hybridized carbons (Fsp3) is 0.143. The van der Waals surface area contributed by atoms with Crippen molar-refractivity contribution < 1.29 is 54.6 Å². The normalized spacial score (nSPS) is 11.0. The Morgan fingerprint density at radius 1 is 0.432 bits per heavy atom. The molecule has 0 amide bonds. The molecule has 0 bridgehead atoms. The molecule has 0 aliphatic heterocycles. The minimum absolute atomic E-state index is 0.236. The molecule has 0 aliphatic rings. The predicted molar refractivity (Wildman–Crippen MR) is 120 cm³/mol. The summed E-state index contributed by atoms with van der Waals surface area (Å²) >= 11 is 0. The van der Waals surface area contributed by atoms with E-state index in [1.165, 1.54) is 54.6 Å². The Hall–Kier alpha value is -3.63. The van der Waals surface area contributed by atoms with E-state index in [-0.39, 0.29) is 17.1 Å². The van der Waals surface area contributed by atoms with E-state index in [1.807, 2.05) is 0 Å². The lowest BCUT2D eigenvalue weighted by molar-refractivity contribution is -0.137. The van der Waals surface area contributed by atoms with Gasteiger partial charge in [-0.1, -0.05) is 36.4 Å². The first-order chi connectivity index (χ1) is 16.8. The molecule has 0 fully saturated rings. The van der Waals surface area contributed by atoms with Crippen molar-refractivity contribution in [2.24, 2.45) is 0 Å². The monoisotopic (exact) mass is 545 g/mol. The molecule has 9 N–H and O–H groups in total. The number of rotatable bonds is 0. The van der Waals surface area contributed by atoms with Crippen LogP contribution in [0, 0.1) is 0 Å². The number of alkyl halides is 9. The molecular weight excluding hydrogens is 524 g/mol. The maximum absolute atomic E-state index is 12.0. The highest BCUT2D eigenvalue weighted by molar-refractivity contribution is 6.30. The summed E-state index contributed by atoms with van der Waals surface area (Å²) < 4.78 is 108. The highest BCUT2D eigenvalue weighted by Crippen LogP contribution is 2.34. The SMILES string of the molecule is Nc1ccccc1C(F)(F)F.Nc1ccccc1C(F)(F)F.Nc1ccccc1C(F)(F)F.OB(O)O. The Morgan fingerprint density at radius 2 is 0.595 bits per heavy atom. The molecule has 3 rings (SSSR count). The van der Waals surface area contributed by atoms with Crippen LogP contribution in [0.25, 0.3) is 0 Å². The summed E-state index contributed by atoms with van der Waals surface area (Å²) in [5.74, 6) is 0. The molecule has 0 saturated carbocycles. The molecule has 0 atom stereocenters. The van der Waals surface area contributed by atoms with Crippen LogP contribution in [-0.2, 0) is 18.5 Å². The Balaban J connectivity index is 0.000000490. The van der Waals surface area contributed by atoms with E-state index in [2.05, 4.69) is 0 Å². The second kappa shape index (κ2) is 14.2. The van der Waals surface area contributed by atoms with Gasteiger partial charge in [-0.3, -0.25) is 0 Å². The third-order valence-electron chi connectivity index (χ3n) is 3.80. The third-order valence-corrected chi connectivity index (χ3v) is 3.80. The summed E-state index contributed by atoms with van der Waals surface area (Å²) in [5.41, 5.74) is 12.2. The summed E-state index contributed by atoms with van der Waals surface area (Å²) in [5, 5.41) is 21.5. The molecule has 0 aliphatic carbocycles. The summed E-state index contributed by atoms with van der Waals surface area (Å²) in [6.07, 6.45) is -13.0. The van der Waals surface area contributed by atoms with Gasteiger partial charge in [0.2, 0.25) is 0 Å². The number of anilines is 3. The summed E-state index contributed by atoms with van der Waals surface area (Å²) in [7, 11) is -2.17.